The summed E-state index contributed by atoms with van der Waals surface area (Å²) >= 11 is 5.85. The molecule has 1 fully saturated rings. The highest BCUT2D eigenvalue weighted by Gasteiger charge is 2.27. The topological polar surface area (TPSA) is 55.6 Å². The Morgan fingerprint density at radius 1 is 1.32 bits per heavy atom. The standard InChI is InChI=1S/C16H17ClN2O3/c1-11-10-21-15(18-11)16(20)19-8-6-14(7-9-19)22-13-4-2-12(17)3-5-13/h2-5,10,14H,6-9H2,1H3. The molecule has 0 N–H and O–H groups in total. The number of carbonyl (C=O) groups excluding carboxylic acids is 1. The minimum atomic E-state index is -0.155. The quantitative estimate of drug-likeness (QED) is 0.870. The van der Waals surface area contributed by atoms with Crippen LogP contribution in [0.15, 0.2) is 34.9 Å². The van der Waals surface area contributed by atoms with E-state index in [1.165, 1.54) is 6.26 Å². The normalized spacial score (nSPS) is 15.8. The number of aryl methyl sites for hydroxylation is 1. The molecule has 1 aromatic carbocycles. The third-order valence-electron chi connectivity index (χ3n) is 3.65. The minimum absolute atomic E-state index is 0.108. The lowest BCUT2D eigenvalue weighted by atomic mass is 10.1. The highest BCUT2D eigenvalue weighted by molar-refractivity contribution is 6.30. The molecule has 1 amide bonds. The highest BCUT2D eigenvalue weighted by Crippen LogP contribution is 2.21. The van der Waals surface area contributed by atoms with Crippen molar-refractivity contribution >= 4 is 17.5 Å². The number of halogens is 1. The van der Waals surface area contributed by atoms with E-state index in [2.05, 4.69) is 4.98 Å². The Hall–Kier alpha value is -2.01. The van der Waals surface area contributed by atoms with Crippen LogP contribution in [-0.2, 0) is 0 Å². The number of likely N-dealkylation sites (tertiary alicyclic amines) is 1. The van der Waals surface area contributed by atoms with Gasteiger partial charge in [0.25, 0.3) is 5.89 Å². The molecule has 0 atom stereocenters. The van der Waals surface area contributed by atoms with Crippen molar-refractivity contribution in [3.63, 3.8) is 0 Å². The van der Waals surface area contributed by atoms with Crippen molar-refractivity contribution in [3.05, 3.63) is 47.1 Å². The third kappa shape index (κ3) is 3.42. The summed E-state index contributed by atoms with van der Waals surface area (Å²) in [7, 11) is 0. The van der Waals surface area contributed by atoms with Crippen molar-refractivity contribution in [2.24, 2.45) is 0 Å². The average Bonchev–Trinajstić information content (AvgIpc) is 2.96. The number of nitrogens with zero attached hydrogens (tertiary/aromatic N) is 2. The van der Waals surface area contributed by atoms with E-state index in [1.807, 2.05) is 12.1 Å². The molecule has 0 bridgehead atoms. The largest absolute Gasteiger partial charge is 0.490 e. The summed E-state index contributed by atoms with van der Waals surface area (Å²) in [5.41, 5.74) is 0.712. The highest BCUT2D eigenvalue weighted by atomic mass is 35.5. The first-order valence-corrected chi connectivity index (χ1v) is 7.63. The second-order valence-electron chi connectivity index (χ2n) is 5.36. The van der Waals surface area contributed by atoms with Gasteiger partial charge in [-0.15, -0.1) is 0 Å². The van der Waals surface area contributed by atoms with Crippen molar-refractivity contribution in [2.45, 2.75) is 25.9 Å². The van der Waals surface area contributed by atoms with Crippen molar-refractivity contribution < 1.29 is 13.9 Å². The smallest absolute Gasteiger partial charge is 0.309 e. The monoisotopic (exact) mass is 320 g/mol. The van der Waals surface area contributed by atoms with E-state index in [1.54, 1.807) is 24.0 Å². The number of aromatic nitrogens is 1. The Balaban J connectivity index is 1.54. The first-order chi connectivity index (χ1) is 10.6. The van der Waals surface area contributed by atoms with Crippen molar-refractivity contribution in [1.82, 2.24) is 9.88 Å². The number of ether oxygens (including phenoxy) is 1. The summed E-state index contributed by atoms with van der Waals surface area (Å²) in [5, 5.41) is 0.689. The summed E-state index contributed by atoms with van der Waals surface area (Å²) in [6.45, 7) is 3.07. The fourth-order valence-corrected chi connectivity index (χ4v) is 2.60. The molecule has 3 rings (SSSR count). The van der Waals surface area contributed by atoms with Crippen LogP contribution in [0.5, 0.6) is 5.75 Å². The fraction of sp³-hybridized carbons (Fsp3) is 0.375. The van der Waals surface area contributed by atoms with Gasteiger partial charge in [-0.05, 0) is 31.2 Å². The molecule has 1 aromatic heterocycles. The predicted molar refractivity (Wildman–Crippen MR) is 82.2 cm³/mol. The summed E-state index contributed by atoms with van der Waals surface area (Å²) in [6, 6.07) is 7.33. The lowest BCUT2D eigenvalue weighted by Crippen LogP contribution is -2.41. The molecule has 5 nitrogen and oxygen atoms in total. The first-order valence-electron chi connectivity index (χ1n) is 7.25. The van der Waals surface area contributed by atoms with Gasteiger partial charge in [-0.3, -0.25) is 4.79 Å². The molecular weight excluding hydrogens is 304 g/mol. The molecule has 0 saturated carbocycles. The van der Waals surface area contributed by atoms with E-state index in [-0.39, 0.29) is 17.9 Å². The summed E-state index contributed by atoms with van der Waals surface area (Å²) in [6.07, 6.45) is 3.17. The van der Waals surface area contributed by atoms with Gasteiger partial charge in [0, 0.05) is 31.0 Å². The summed E-state index contributed by atoms with van der Waals surface area (Å²) in [5.74, 6) is 0.810. The molecule has 1 aliphatic heterocycles. The second-order valence-corrected chi connectivity index (χ2v) is 5.79. The SMILES string of the molecule is Cc1coc(C(=O)N2CCC(Oc3ccc(Cl)cc3)CC2)n1. The Morgan fingerprint density at radius 2 is 2.00 bits per heavy atom. The lowest BCUT2D eigenvalue weighted by Gasteiger charge is -2.31. The third-order valence-corrected chi connectivity index (χ3v) is 3.90. The van der Waals surface area contributed by atoms with Crippen LogP contribution < -0.4 is 4.74 Å². The van der Waals surface area contributed by atoms with E-state index >= 15 is 0 Å². The van der Waals surface area contributed by atoms with Crippen molar-refractivity contribution in [1.29, 1.82) is 0 Å². The van der Waals surface area contributed by atoms with Crippen LogP contribution in [-0.4, -0.2) is 35.0 Å². The number of carbonyl (C=O) groups is 1. The number of oxazole rings is 1. The summed E-state index contributed by atoms with van der Waals surface area (Å²) < 4.78 is 11.1. The molecule has 0 unspecified atom stereocenters. The number of amides is 1. The van der Waals surface area contributed by atoms with E-state index < -0.39 is 0 Å². The van der Waals surface area contributed by atoms with Gasteiger partial charge in [0.2, 0.25) is 0 Å². The number of rotatable bonds is 3. The zero-order chi connectivity index (χ0) is 15.5. The molecule has 0 radical (unpaired) electrons. The van der Waals surface area contributed by atoms with Gasteiger partial charge in [-0.1, -0.05) is 11.6 Å². The van der Waals surface area contributed by atoms with Gasteiger partial charge in [-0.25, -0.2) is 4.98 Å². The van der Waals surface area contributed by atoms with E-state index in [0.717, 1.165) is 18.6 Å². The van der Waals surface area contributed by atoms with E-state index in [9.17, 15) is 4.79 Å². The van der Waals surface area contributed by atoms with E-state index in [4.69, 9.17) is 20.8 Å². The lowest BCUT2D eigenvalue weighted by molar-refractivity contribution is 0.0559. The summed E-state index contributed by atoms with van der Waals surface area (Å²) in [4.78, 5) is 18.1. The Morgan fingerprint density at radius 3 is 2.59 bits per heavy atom. The van der Waals surface area contributed by atoms with Crippen LogP contribution in [0.2, 0.25) is 5.02 Å². The Labute approximate surface area is 133 Å². The van der Waals surface area contributed by atoms with Crippen LogP contribution >= 0.6 is 11.6 Å². The van der Waals surface area contributed by atoms with Crippen LogP contribution in [0.1, 0.15) is 29.2 Å². The van der Waals surface area contributed by atoms with Gasteiger partial charge in [-0.2, -0.15) is 0 Å². The van der Waals surface area contributed by atoms with Crippen LogP contribution in [0.4, 0.5) is 0 Å². The average molecular weight is 321 g/mol. The molecule has 1 saturated heterocycles. The van der Waals surface area contributed by atoms with Crippen LogP contribution in [0.3, 0.4) is 0 Å². The molecule has 6 heteroatoms. The molecule has 2 aromatic rings. The Bertz CT molecular complexity index is 646. The zero-order valence-electron chi connectivity index (χ0n) is 12.3. The molecule has 0 spiro atoms. The van der Waals surface area contributed by atoms with Crippen LogP contribution in [0, 0.1) is 6.92 Å². The van der Waals surface area contributed by atoms with Crippen molar-refractivity contribution in [3.8, 4) is 5.75 Å². The Kier molecular flexibility index (Phi) is 4.34. The molecule has 2 heterocycles. The second kappa shape index (κ2) is 6.40. The molecule has 1 aliphatic rings. The van der Waals surface area contributed by atoms with Gasteiger partial charge >= 0.3 is 5.91 Å². The van der Waals surface area contributed by atoms with Gasteiger partial charge in [0.15, 0.2) is 0 Å². The van der Waals surface area contributed by atoms with Gasteiger partial charge in [0.05, 0.1) is 5.69 Å². The molecule has 116 valence electrons. The number of benzene rings is 1. The van der Waals surface area contributed by atoms with E-state index in [0.29, 0.717) is 23.8 Å². The maximum Gasteiger partial charge on any atom is 0.309 e. The zero-order valence-corrected chi connectivity index (χ0v) is 13.0. The maximum absolute atomic E-state index is 12.2. The maximum atomic E-state index is 12.2. The first kappa shape index (κ1) is 14.9. The molecule has 0 aliphatic carbocycles. The number of hydrogen-bond donors (Lipinski definition) is 0. The van der Waals surface area contributed by atoms with Crippen molar-refractivity contribution in [2.75, 3.05) is 13.1 Å². The molecular formula is C16H17ClN2O3. The fourth-order valence-electron chi connectivity index (χ4n) is 2.47. The van der Waals surface area contributed by atoms with Crippen LogP contribution in [0.25, 0.3) is 0 Å². The minimum Gasteiger partial charge on any atom is -0.490 e. The predicted octanol–water partition coefficient (Wildman–Crippen LogP) is 3.32. The number of piperidine rings is 1. The van der Waals surface area contributed by atoms with Gasteiger partial charge < -0.3 is 14.1 Å². The molecule has 22 heavy (non-hydrogen) atoms. The van der Waals surface area contributed by atoms with Gasteiger partial charge in [0.1, 0.15) is 18.1 Å². The number of hydrogen-bond acceptors (Lipinski definition) is 4.